The number of hydrogen-bond donors (Lipinski definition) is 0. The number of halogens is 2. The van der Waals surface area contributed by atoms with Crippen LogP contribution in [0.2, 0.25) is 10.0 Å². The van der Waals surface area contributed by atoms with Crippen LogP contribution in [0.3, 0.4) is 0 Å². The van der Waals surface area contributed by atoms with Gasteiger partial charge in [-0.3, -0.25) is 14.4 Å². The first-order valence-corrected chi connectivity index (χ1v) is 14.4. The summed E-state index contributed by atoms with van der Waals surface area (Å²) in [5.41, 5.74) is 1.74. The van der Waals surface area contributed by atoms with Crippen LogP contribution in [0.25, 0.3) is 22.4 Å². The monoisotopic (exact) mass is 632 g/mol. The molecule has 1 unspecified atom stereocenters. The van der Waals surface area contributed by atoms with E-state index in [1.54, 1.807) is 0 Å². The molecule has 0 saturated carbocycles. The van der Waals surface area contributed by atoms with Crippen molar-refractivity contribution < 1.29 is 28.3 Å². The number of ether oxygens (including phenoxy) is 1. The van der Waals surface area contributed by atoms with Crippen molar-refractivity contribution in [2.75, 3.05) is 11.5 Å². The molecular formula is C30H18Cl2N4O6S. The molecule has 214 valence electrons. The third-order valence-corrected chi connectivity index (χ3v) is 8.08. The molecule has 0 spiro atoms. The number of amides is 2. The summed E-state index contributed by atoms with van der Waals surface area (Å²) in [6, 6.07) is 19.5. The average molecular weight is 633 g/mol. The smallest absolute Gasteiger partial charge is 0.338 e. The Morgan fingerprint density at radius 2 is 1.81 bits per heavy atom. The van der Waals surface area contributed by atoms with Crippen LogP contribution in [0, 0.1) is 0 Å². The molecule has 0 radical (unpaired) electrons. The Kier molecular flexibility index (Phi) is 7.94. The fourth-order valence-corrected chi connectivity index (χ4v) is 5.86. The number of thioether (sulfide) groups is 1. The summed E-state index contributed by atoms with van der Waals surface area (Å²) in [6.07, 6.45) is 1.39. The van der Waals surface area contributed by atoms with Crippen molar-refractivity contribution in [3.05, 3.63) is 100 Å². The van der Waals surface area contributed by atoms with E-state index in [1.807, 2.05) is 30.3 Å². The van der Waals surface area contributed by atoms with Gasteiger partial charge >= 0.3 is 5.97 Å². The van der Waals surface area contributed by atoms with E-state index in [2.05, 4.69) is 15.2 Å². The molecule has 0 bridgehead atoms. The second-order valence-corrected chi connectivity index (χ2v) is 11.3. The van der Waals surface area contributed by atoms with Crippen LogP contribution >= 0.6 is 35.0 Å². The van der Waals surface area contributed by atoms with Crippen molar-refractivity contribution in [1.82, 2.24) is 15.2 Å². The Bertz CT molecular complexity index is 1880. The number of carbonyl (C=O) groups is 4. The molecule has 2 aromatic heterocycles. The number of para-hydroxylation sites is 1. The number of furan rings is 1. The summed E-state index contributed by atoms with van der Waals surface area (Å²) in [5.74, 6) is -1.61. The number of nitrogens with zero attached hydrogens (tertiary/aromatic N) is 4. The van der Waals surface area contributed by atoms with Crippen molar-refractivity contribution in [3.8, 4) is 11.5 Å². The number of ketones is 1. The van der Waals surface area contributed by atoms with Crippen LogP contribution in [0.4, 0.5) is 5.69 Å². The number of imide groups is 1. The van der Waals surface area contributed by atoms with Crippen LogP contribution in [-0.4, -0.2) is 50.6 Å². The third kappa shape index (κ3) is 6.00. The van der Waals surface area contributed by atoms with E-state index in [0.29, 0.717) is 22.1 Å². The number of benzene rings is 3. The molecule has 1 aliphatic heterocycles. The van der Waals surface area contributed by atoms with Crippen LogP contribution in [0.15, 0.2) is 88.6 Å². The SMILES string of the molecule is O=C(OCC(=O)c1ccc(Cl)cc1Cl)c1ccc(N2C(=O)CC(Sc3nncc(-c4cc5ccccc5o4)n3)C2=O)cc1. The molecule has 0 N–H and O–H groups in total. The van der Waals surface area contributed by atoms with Gasteiger partial charge in [0.2, 0.25) is 22.8 Å². The van der Waals surface area contributed by atoms with E-state index in [4.69, 9.17) is 32.4 Å². The Labute approximate surface area is 258 Å². The number of esters is 1. The minimum Gasteiger partial charge on any atom is -0.454 e. The molecule has 1 saturated heterocycles. The average Bonchev–Trinajstić information content (AvgIpc) is 3.56. The van der Waals surface area contributed by atoms with Gasteiger partial charge in [-0.25, -0.2) is 14.7 Å². The highest BCUT2D eigenvalue weighted by molar-refractivity contribution is 8.00. The molecule has 1 aliphatic rings. The van der Waals surface area contributed by atoms with E-state index in [9.17, 15) is 19.2 Å². The molecule has 10 nitrogen and oxygen atoms in total. The van der Waals surface area contributed by atoms with Gasteiger partial charge in [-0.05, 0) is 54.6 Å². The number of carbonyl (C=O) groups excluding carboxylic acids is 4. The fraction of sp³-hybridized carbons (Fsp3) is 0.100. The highest BCUT2D eigenvalue weighted by atomic mass is 35.5. The predicted molar refractivity (Wildman–Crippen MR) is 159 cm³/mol. The van der Waals surface area contributed by atoms with Gasteiger partial charge in [0.1, 0.15) is 16.5 Å². The molecule has 2 amide bonds. The van der Waals surface area contributed by atoms with Gasteiger partial charge in [0.25, 0.3) is 0 Å². The second-order valence-electron chi connectivity index (χ2n) is 9.32. The molecule has 6 rings (SSSR count). The first-order chi connectivity index (χ1) is 20.8. The first kappa shape index (κ1) is 28.5. The Balaban J connectivity index is 1.10. The third-order valence-electron chi connectivity index (χ3n) is 6.50. The highest BCUT2D eigenvalue weighted by Gasteiger charge is 2.41. The van der Waals surface area contributed by atoms with Gasteiger partial charge < -0.3 is 9.15 Å². The second kappa shape index (κ2) is 12.0. The van der Waals surface area contributed by atoms with Gasteiger partial charge in [-0.1, -0.05) is 53.2 Å². The lowest BCUT2D eigenvalue weighted by Gasteiger charge is -2.15. The van der Waals surface area contributed by atoms with Gasteiger partial charge in [-0.2, -0.15) is 5.10 Å². The lowest BCUT2D eigenvalue weighted by molar-refractivity contribution is -0.121. The van der Waals surface area contributed by atoms with E-state index in [0.717, 1.165) is 22.0 Å². The molecule has 0 aliphatic carbocycles. The van der Waals surface area contributed by atoms with Crippen molar-refractivity contribution in [2.24, 2.45) is 0 Å². The number of rotatable bonds is 8. The van der Waals surface area contributed by atoms with Gasteiger partial charge in [-0.15, -0.1) is 5.10 Å². The van der Waals surface area contributed by atoms with Crippen LogP contribution in [0.5, 0.6) is 0 Å². The minimum absolute atomic E-state index is 0.0686. The minimum atomic E-state index is -0.768. The normalized spacial score (nSPS) is 14.8. The topological polar surface area (TPSA) is 133 Å². The summed E-state index contributed by atoms with van der Waals surface area (Å²) < 4.78 is 11.0. The highest BCUT2D eigenvalue weighted by Crippen LogP contribution is 2.34. The van der Waals surface area contributed by atoms with Gasteiger partial charge in [0, 0.05) is 22.4 Å². The van der Waals surface area contributed by atoms with Crippen LogP contribution in [-0.2, 0) is 14.3 Å². The van der Waals surface area contributed by atoms with E-state index >= 15 is 0 Å². The number of fused-ring (bicyclic) bond motifs is 1. The summed E-state index contributed by atoms with van der Waals surface area (Å²) in [4.78, 5) is 56.5. The number of Topliss-reactive ketones (excluding diaryl/α,β-unsaturated/α-hetero) is 1. The Morgan fingerprint density at radius 3 is 2.58 bits per heavy atom. The van der Waals surface area contributed by atoms with E-state index < -0.39 is 35.4 Å². The zero-order chi connectivity index (χ0) is 30.1. The molecule has 5 aromatic rings. The maximum atomic E-state index is 13.2. The molecule has 13 heteroatoms. The summed E-state index contributed by atoms with van der Waals surface area (Å²) in [5, 5.41) is 8.89. The standard InChI is InChI=1S/C30H18Cl2N4O6S/c31-18-7-10-20(21(32)12-18)23(37)15-41-29(40)16-5-8-19(9-6-16)36-27(38)13-26(28(36)39)43-30-34-22(14-33-35-30)25-11-17-3-1-2-4-24(17)42-25/h1-12,14,26H,13,15H2. The lowest BCUT2D eigenvalue weighted by Crippen LogP contribution is -2.31. The van der Waals surface area contributed by atoms with Crippen molar-refractivity contribution >= 4 is 75.2 Å². The summed E-state index contributed by atoms with van der Waals surface area (Å²) >= 11 is 12.9. The molecule has 3 aromatic carbocycles. The number of hydrogen-bond acceptors (Lipinski definition) is 10. The summed E-state index contributed by atoms with van der Waals surface area (Å²) in [6.45, 7) is -0.529. The molecule has 3 heterocycles. The van der Waals surface area contributed by atoms with Crippen molar-refractivity contribution in [3.63, 3.8) is 0 Å². The fourth-order valence-electron chi connectivity index (χ4n) is 4.41. The van der Waals surface area contributed by atoms with E-state index in [1.165, 1.54) is 48.7 Å². The van der Waals surface area contributed by atoms with Crippen molar-refractivity contribution in [1.29, 1.82) is 0 Å². The largest absolute Gasteiger partial charge is 0.454 e. The molecule has 1 fully saturated rings. The van der Waals surface area contributed by atoms with Crippen LogP contribution < -0.4 is 4.90 Å². The number of aromatic nitrogens is 3. The maximum absolute atomic E-state index is 13.2. The van der Waals surface area contributed by atoms with Gasteiger partial charge in [0.15, 0.2) is 12.4 Å². The van der Waals surface area contributed by atoms with Crippen LogP contribution in [0.1, 0.15) is 27.1 Å². The van der Waals surface area contributed by atoms with Crippen molar-refractivity contribution in [2.45, 2.75) is 16.8 Å². The van der Waals surface area contributed by atoms with Gasteiger partial charge in [0.05, 0.1) is 22.5 Å². The molecule has 43 heavy (non-hydrogen) atoms. The zero-order valence-electron chi connectivity index (χ0n) is 21.9. The first-order valence-electron chi connectivity index (χ1n) is 12.7. The predicted octanol–water partition coefficient (Wildman–Crippen LogP) is 6.06. The summed E-state index contributed by atoms with van der Waals surface area (Å²) in [7, 11) is 0. The Morgan fingerprint density at radius 1 is 1.02 bits per heavy atom. The number of anilines is 1. The zero-order valence-corrected chi connectivity index (χ0v) is 24.2. The maximum Gasteiger partial charge on any atom is 0.338 e. The molecular weight excluding hydrogens is 615 g/mol. The lowest BCUT2D eigenvalue weighted by atomic mass is 10.1. The molecule has 1 atom stereocenters. The van der Waals surface area contributed by atoms with E-state index in [-0.39, 0.29) is 33.4 Å². The Hall–Kier alpha value is -4.58. The quantitative estimate of drug-likeness (QED) is 0.113.